The molecule has 0 aliphatic carbocycles. The molecule has 6 heteroatoms. The third-order valence-electron chi connectivity index (χ3n) is 5.66. The maximum atomic E-state index is 13.2. The second kappa shape index (κ2) is 7.21. The SMILES string of the molecule is C[C@]1(OCc2ccccc2)CC[C@@H]2O[C@H]1[C@H](Cl)[C@H]2S(=O)(=O)c1ccccc1. The lowest BCUT2D eigenvalue weighted by Gasteiger charge is -2.39. The molecular formula is C21H23ClO4S. The summed E-state index contributed by atoms with van der Waals surface area (Å²) in [7, 11) is -3.57. The molecule has 2 aliphatic heterocycles. The van der Waals surface area contributed by atoms with E-state index in [0.29, 0.717) is 17.9 Å². The van der Waals surface area contributed by atoms with Crippen molar-refractivity contribution in [3.8, 4) is 0 Å². The fraction of sp³-hybridized carbons (Fsp3) is 0.429. The Morgan fingerprint density at radius 3 is 2.41 bits per heavy atom. The number of ether oxygens (including phenoxy) is 2. The summed E-state index contributed by atoms with van der Waals surface area (Å²) < 4.78 is 38.7. The Balaban J connectivity index is 1.56. The van der Waals surface area contributed by atoms with Crippen LogP contribution in [-0.2, 0) is 25.9 Å². The van der Waals surface area contributed by atoms with Crippen LogP contribution in [0, 0.1) is 0 Å². The van der Waals surface area contributed by atoms with Gasteiger partial charge in [0.05, 0.1) is 28.6 Å². The van der Waals surface area contributed by atoms with Gasteiger partial charge in [-0.05, 0) is 37.5 Å². The molecule has 0 saturated carbocycles. The Morgan fingerprint density at radius 2 is 1.74 bits per heavy atom. The van der Waals surface area contributed by atoms with Crippen molar-refractivity contribution in [2.75, 3.05) is 0 Å². The van der Waals surface area contributed by atoms with Crippen LogP contribution in [0.1, 0.15) is 25.3 Å². The molecule has 2 fully saturated rings. The summed E-state index contributed by atoms with van der Waals surface area (Å²) in [4.78, 5) is 0.295. The number of hydrogen-bond donors (Lipinski definition) is 0. The summed E-state index contributed by atoms with van der Waals surface area (Å²) >= 11 is 6.70. The maximum Gasteiger partial charge on any atom is 0.185 e. The first-order valence-electron chi connectivity index (χ1n) is 9.18. The Bertz CT molecular complexity index is 887. The molecule has 0 spiro atoms. The highest BCUT2D eigenvalue weighted by Gasteiger charge is 2.60. The fourth-order valence-electron chi connectivity index (χ4n) is 4.12. The minimum atomic E-state index is -3.57. The number of fused-ring (bicyclic) bond motifs is 2. The first kappa shape index (κ1) is 18.9. The average molecular weight is 407 g/mol. The van der Waals surface area contributed by atoms with Gasteiger partial charge in [-0.15, -0.1) is 11.6 Å². The van der Waals surface area contributed by atoms with E-state index in [9.17, 15) is 8.42 Å². The fourth-order valence-corrected chi connectivity index (χ4v) is 6.95. The Kier molecular flexibility index (Phi) is 5.06. The van der Waals surface area contributed by atoms with Gasteiger partial charge in [0, 0.05) is 0 Å². The molecular weight excluding hydrogens is 384 g/mol. The predicted octanol–water partition coefficient (Wildman–Crippen LogP) is 3.97. The smallest absolute Gasteiger partial charge is 0.185 e. The monoisotopic (exact) mass is 406 g/mol. The molecule has 144 valence electrons. The van der Waals surface area contributed by atoms with Crippen molar-refractivity contribution in [2.24, 2.45) is 0 Å². The standard InChI is InChI=1S/C21H23ClO4S/c1-21(25-14-15-8-4-2-5-9-15)13-12-17-19(18(22)20(21)26-17)27(23,24)16-10-6-3-7-11-16/h2-11,17-20H,12-14H2,1H3/t17-,18+,19-,20-,21-/m0/s1. The molecule has 0 unspecified atom stereocenters. The summed E-state index contributed by atoms with van der Waals surface area (Å²) in [6.07, 6.45) is 0.488. The molecule has 4 rings (SSSR count). The van der Waals surface area contributed by atoms with E-state index in [1.807, 2.05) is 37.3 Å². The van der Waals surface area contributed by atoms with Gasteiger partial charge in [-0.25, -0.2) is 8.42 Å². The Hall–Kier alpha value is -1.40. The van der Waals surface area contributed by atoms with E-state index in [2.05, 4.69) is 0 Å². The third kappa shape index (κ3) is 3.42. The van der Waals surface area contributed by atoms with Gasteiger partial charge < -0.3 is 9.47 Å². The van der Waals surface area contributed by atoms with Crippen molar-refractivity contribution >= 4 is 21.4 Å². The summed E-state index contributed by atoms with van der Waals surface area (Å²) in [5.74, 6) is 0. The lowest BCUT2D eigenvalue weighted by molar-refractivity contribution is -0.170. The van der Waals surface area contributed by atoms with Gasteiger partial charge in [-0.1, -0.05) is 48.5 Å². The number of alkyl halides is 1. The molecule has 2 aliphatic rings. The van der Waals surface area contributed by atoms with Gasteiger partial charge >= 0.3 is 0 Å². The summed E-state index contributed by atoms with van der Waals surface area (Å²) in [6.45, 7) is 2.42. The van der Waals surface area contributed by atoms with Crippen molar-refractivity contribution in [1.29, 1.82) is 0 Å². The normalized spacial score (nSPS) is 33.1. The second-order valence-corrected chi connectivity index (χ2v) is 10.1. The van der Waals surface area contributed by atoms with Crippen LogP contribution in [0.4, 0.5) is 0 Å². The van der Waals surface area contributed by atoms with E-state index in [1.165, 1.54) is 0 Å². The zero-order chi connectivity index (χ0) is 19.1. The molecule has 4 nitrogen and oxygen atoms in total. The average Bonchev–Trinajstić information content (AvgIpc) is 2.99. The van der Waals surface area contributed by atoms with Gasteiger partial charge in [-0.2, -0.15) is 0 Å². The zero-order valence-electron chi connectivity index (χ0n) is 15.1. The Labute approximate surface area is 165 Å². The zero-order valence-corrected chi connectivity index (χ0v) is 16.7. The first-order valence-corrected chi connectivity index (χ1v) is 11.2. The summed E-state index contributed by atoms with van der Waals surface area (Å²) in [5.41, 5.74) is 0.457. The van der Waals surface area contributed by atoms with Gasteiger partial charge in [0.15, 0.2) is 9.84 Å². The summed E-state index contributed by atoms with van der Waals surface area (Å²) in [6, 6.07) is 18.4. The van der Waals surface area contributed by atoms with Crippen molar-refractivity contribution in [3.63, 3.8) is 0 Å². The van der Waals surface area contributed by atoms with E-state index < -0.39 is 38.3 Å². The molecule has 0 N–H and O–H groups in total. The number of halogens is 1. The van der Waals surface area contributed by atoms with E-state index in [1.54, 1.807) is 30.3 Å². The number of sulfone groups is 1. The van der Waals surface area contributed by atoms with Crippen molar-refractivity contribution in [1.82, 2.24) is 0 Å². The second-order valence-electron chi connectivity index (χ2n) is 7.49. The number of rotatable bonds is 5. The maximum absolute atomic E-state index is 13.2. The molecule has 2 aromatic rings. The first-order chi connectivity index (χ1) is 12.9. The van der Waals surface area contributed by atoms with E-state index in [-0.39, 0.29) is 0 Å². The highest BCUT2D eigenvalue weighted by atomic mass is 35.5. The molecule has 2 aromatic carbocycles. The largest absolute Gasteiger partial charge is 0.369 e. The topological polar surface area (TPSA) is 52.6 Å². The van der Waals surface area contributed by atoms with Crippen LogP contribution in [0.5, 0.6) is 0 Å². The number of benzene rings is 2. The highest BCUT2D eigenvalue weighted by Crippen LogP contribution is 2.47. The van der Waals surface area contributed by atoms with Crippen LogP contribution in [0.2, 0.25) is 0 Å². The van der Waals surface area contributed by atoms with Crippen LogP contribution in [0.3, 0.4) is 0 Å². The predicted molar refractivity (Wildman–Crippen MR) is 105 cm³/mol. The molecule has 0 amide bonds. The van der Waals surface area contributed by atoms with E-state index in [0.717, 1.165) is 12.0 Å². The van der Waals surface area contributed by atoms with Gasteiger partial charge in [0.2, 0.25) is 0 Å². The van der Waals surface area contributed by atoms with Crippen molar-refractivity contribution in [3.05, 3.63) is 66.2 Å². The van der Waals surface area contributed by atoms with Crippen molar-refractivity contribution < 1.29 is 17.9 Å². The molecule has 2 saturated heterocycles. The quantitative estimate of drug-likeness (QED) is 0.705. The third-order valence-corrected chi connectivity index (χ3v) is 8.55. The van der Waals surface area contributed by atoms with Gasteiger partial charge in [0.25, 0.3) is 0 Å². The summed E-state index contributed by atoms with van der Waals surface area (Å²) in [5, 5.41) is -1.41. The lowest BCUT2D eigenvalue weighted by Crippen LogP contribution is -2.48. The highest BCUT2D eigenvalue weighted by molar-refractivity contribution is 7.92. The van der Waals surface area contributed by atoms with Crippen molar-refractivity contribution in [2.45, 2.75) is 59.7 Å². The van der Waals surface area contributed by atoms with Crippen LogP contribution in [-0.4, -0.2) is 36.9 Å². The number of hydrogen-bond acceptors (Lipinski definition) is 4. The lowest BCUT2D eigenvalue weighted by atomic mass is 9.91. The van der Waals surface area contributed by atoms with E-state index in [4.69, 9.17) is 21.1 Å². The molecule has 5 atom stereocenters. The molecule has 27 heavy (non-hydrogen) atoms. The van der Waals surface area contributed by atoms with Gasteiger partial charge in [-0.3, -0.25) is 0 Å². The molecule has 0 aromatic heterocycles. The van der Waals surface area contributed by atoms with Gasteiger partial charge in [0.1, 0.15) is 11.4 Å². The van der Waals surface area contributed by atoms with E-state index >= 15 is 0 Å². The molecule has 2 heterocycles. The minimum absolute atomic E-state index is 0.295. The molecule has 0 radical (unpaired) electrons. The van der Waals surface area contributed by atoms with Crippen LogP contribution >= 0.6 is 11.6 Å². The van der Waals surface area contributed by atoms with Crippen LogP contribution in [0.15, 0.2) is 65.6 Å². The van der Waals surface area contributed by atoms with Crippen LogP contribution < -0.4 is 0 Å². The molecule has 2 bridgehead atoms. The minimum Gasteiger partial charge on any atom is -0.369 e. The Morgan fingerprint density at radius 1 is 1.11 bits per heavy atom. The van der Waals surface area contributed by atoms with Crippen LogP contribution in [0.25, 0.3) is 0 Å².